The van der Waals surface area contributed by atoms with Gasteiger partial charge in [-0.1, -0.05) is 75.0 Å². The van der Waals surface area contributed by atoms with Gasteiger partial charge in [0.15, 0.2) is 11.0 Å². The Morgan fingerprint density at radius 2 is 1.72 bits per heavy atom. The van der Waals surface area contributed by atoms with Crippen LogP contribution in [0.15, 0.2) is 59.8 Å². The highest BCUT2D eigenvalue weighted by molar-refractivity contribution is 7.99. The molecule has 1 heterocycles. The summed E-state index contributed by atoms with van der Waals surface area (Å²) in [6.45, 7) is 9.49. The molecule has 1 amide bonds. The van der Waals surface area contributed by atoms with Gasteiger partial charge in [-0.2, -0.15) is 0 Å². The van der Waals surface area contributed by atoms with Crippen molar-refractivity contribution < 1.29 is 4.79 Å². The van der Waals surface area contributed by atoms with Gasteiger partial charge in [-0.25, -0.2) is 0 Å². The summed E-state index contributed by atoms with van der Waals surface area (Å²) in [5.41, 5.74) is 3.29. The standard InChI is InChI=1S/C23H28N4OS/c1-5-27-21(17-11-13-18(14-12-17)23(2,3)4)25-26-22(27)29-16-15-20(28)24-19-9-7-6-8-10-19/h6-14H,5,15-16H2,1-4H3,(H,24,28). The van der Waals surface area contributed by atoms with E-state index in [4.69, 9.17) is 0 Å². The molecule has 0 radical (unpaired) electrons. The molecule has 0 unspecified atom stereocenters. The zero-order chi connectivity index (χ0) is 20.9. The number of aromatic nitrogens is 3. The Labute approximate surface area is 176 Å². The van der Waals surface area contributed by atoms with E-state index in [0.717, 1.165) is 28.8 Å². The van der Waals surface area contributed by atoms with E-state index in [-0.39, 0.29) is 11.3 Å². The molecule has 0 spiro atoms. The lowest BCUT2D eigenvalue weighted by atomic mass is 9.87. The first-order valence-corrected chi connectivity index (χ1v) is 10.9. The number of amides is 1. The molecule has 3 aromatic rings. The lowest BCUT2D eigenvalue weighted by molar-refractivity contribution is -0.115. The fourth-order valence-electron chi connectivity index (χ4n) is 2.99. The Hall–Kier alpha value is -2.60. The largest absolute Gasteiger partial charge is 0.326 e. The summed E-state index contributed by atoms with van der Waals surface area (Å²) in [7, 11) is 0. The van der Waals surface area contributed by atoms with Gasteiger partial charge in [0.05, 0.1) is 0 Å². The fraction of sp³-hybridized carbons (Fsp3) is 0.348. The molecular formula is C23H28N4OS. The van der Waals surface area contributed by atoms with Crippen molar-refractivity contribution in [1.29, 1.82) is 0 Å². The van der Waals surface area contributed by atoms with E-state index in [9.17, 15) is 4.79 Å². The van der Waals surface area contributed by atoms with E-state index in [1.54, 1.807) is 11.8 Å². The molecule has 0 atom stereocenters. The molecule has 5 nitrogen and oxygen atoms in total. The average molecular weight is 409 g/mol. The maximum atomic E-state index is 12.1. The van der Waals surface area contributed by atoms with Crippen molar-refractivity contribution in [2.45, 2.75) is 51.2 Å². The third-order valence-corrected chi connectivity index (χ3v) is 5.63. The fourth-order valence-corrected chi connectivity index (χ4v) is 3.93. The van der Waals surface area contributed by atoms with E-state index in [1.807, 2.05) is 30.3 Å². The average Bonchev–Trinajstić information content (AvgIpc) is 3.11. The Morgan fingerprint density at radius 1 is 1.03 bits per heavy atom. The van der Waals surface area contributed by atoms with Gasteiger partial charge in [-0.15, -0.1) is 10.2 Å². The highest BCUT2D eigenvalue weighted by Gasteiger charge is 2.16. The molecule has 6 heteroatoms. The molecule has 2 aromatic carbocycles. The van der Waals surface area contributed by atoms with Crippen LogP contribution in [-0.4, -0.2) is 26.4 Å². The molecule has 0 aliphatic rings. The lowest BCUT2D eigenvalue weighted by Gasteiger charge is -2.19. The number of hydrogen-bond acceptors (Lipinski definition) is 4. The second-order valence-corrected chi connectivity index (χ2v) is 8.95. The van der Waals surface area contributed by atoms with E-state index in [0.29, 0.717) is 12.2 Å². The molecule has 1 aromatic heterocycles. The number of benzene rings is 2. The SMILES string of the molecule is CCn1c(SCCC(=O)Nc2ccccc2)nnc1-c1ccc(C(C)(C)C)cc1. The van der Waals surface area contributed by atoms with Gasteiger partial charge < -0.3 is 9.88 Å². The molecule has 0 fully saturated rings. The van der Waals surface area contributed by atoms with Gasteiger partial charge in [0, 0.05) is 30.0 Å². The molecule has 1 N–H and O–H groups in total. The van der Waals surface area contributed by atoms with Crippen LogP contribution < -0.4 is 5.32 Å². The van der Waals surface area contributed by atoms with Crippen molar-refractivity contribution in [3.8, 4) is 11.4 Å². The summed E-state index contributed by atoms with van der Waals surface area (Å²) in [6, 6.07) is 18.0. The molecule has 0 saturated heterocycles. The molecular weight excluding hydrogens is 380 g/mol. The predicted molar refractivity (Wildman–Crippen MR) is 120 cm³/mol. The van der Waals surface area contributed by atoms with Gasteiger partial charge in [-0.05, 0) is 30.0 Å². The van der Waals surface area contributed by atoms with E-state index in [1.165, 1.54) is 5.56 Å². The minimum Gasteiger partial charge on any atom is -0.326 e. The maximum Gasteiger partial charge on any atom is 0.225 e. The lowest BCUT2D eigenvalue weighted by Crippen LogP contribution is -2.12. The van der Waals surface area contributed by atoms with Crippen LogP contribution in [0.1, 0.15) is 39.7 Å². The zero-order valence-corrected chi connectivity index (χ0v) is 18.3. The number of carbonyl (C=O) groups excluding carboxylic acids is 1. The number of rotatable bonds is 7. The van der Waals surface area contributed by atoms with Crippen LogP contribution in [0.25, 0.3) is 11.4 Å². The predicted octanol–water partition coefficient (Wildman–Crippen LogP) is 5.38. The van der Waals surface area contributed by atoms with Crippen molar-refractivity contribution in [3.63, 3.8) is 0 Å². The summed E-state index contributed by atoms with van der Waals surface area (Å²) < 4.78 is 2.10. The Morgan fingerprint density at radius 3 is 2.34 bits per heavy atom. The number of para-hydroxylation sites is 1. The number of hydrogen-bond donors (Lipinski definition) is 1. The smallest absolute Gasteiger partial charge is 0.225 e. The van der Waals surface area contributed by atoms with Crippen LogP contribution in [0.3, 0.4) is 0 Å². The summed E-state index contributed by atoms with van der Waals surface area (Å²) in [4.78, 5) is 12.1. The first-order valence-electron chi connectivity index (χ1n) is 9.90. The molecule has 3 rings (SSSR count). The van der Waals surface area contributed by atoms with Gasteiger partial charge in [0.1, 0.15) is 0 Å². The first kappa shape index (κ1) is 21.1. The van der Waals surface area contributed by atoms with Crippen molar-refractivity contribution in [2.24, 2.45) is 0 Å². The van der Waals surface area contributed by atoms with E-state index in [2.05, 4.69) is 72.0 Å². The van der Waals surface area contributed by atoms with Crippen LogP contribution >= 0.6 is 11.8 Å². The maximum absolute atomic E-state index is 12.1. The summed E-state index contributed by atoms with van der Waals surface area (Å²) in [5, 5.41) is 12.5. The summed E-state index contributed by atoms with van der Waals surface area (Å²) in [6.07, 6.45) is 0.422. The van der Waals surface area contributed by atoms with Crippen LogP contribution in [0.5, 0.6) is 0 Å². The highest BCUT2D eigenvalue weighted by atomic mass is 32.2. The summed E-state index contributed by atoms with van der Waals surface area (Å²) in [5.74, 6) is 1.52. The number of anilines is 1. The van der Waals surface area contributed by atoms with Crippen molar-refractivity contribution in [3.05, 3.63) is 60.2 Å². The minimum atomic E-state index is 0.00394. The Bertz CT molecular complexity index is 943. The van der Waals surface area contributed by atoms with Crippen LogP contribution in [0.4, 0.5) is 5.69 Å². The number of nitrogens with one attached hydrogen (secondary N) is 1. The van der Waals surface area contributed by atoms with Gasteiger partial charge in [-0.3, -0.25) is 4.79 Å². The van der Waals surface area contributed by atoms with Crippen molar-refractivity contribution in [1.82, 2.24) is 14.8 Å². The van der Waals surface area contributed by atoms with Gasteiger partial charge >= 0.3 is 0 Å². The van der Waals surface area contributed by atoms with Gasteiger partial charge in [0.25, 0.3) is 0 Å². The first-order chi connectivity index (χ1) is 13.9. The third-order valence-electron chi connectivity index (χ3n) is 4.66. The zero-order valence-electron chi connectivity index (χ0n) is 17.5. The van der Waals surface area contributed by atoms with E-state index >= 15 is 0 Å². The molecule has 0 bridgehead atoms. The number of thioether (sulfide) groups is 1. The topological polar surface area (TPSA) is 59.8 Å². The van der Waals surface area contributed by atoms with Crippen LogP contribution in [0, 0.1) is 0 Å². The normalized spacial score (nSPS) is 11.4. The molecule has 29 heavy (non-hydrogen) atoms. The molecule has 0 aliphatic heterocycles. The van der Waals surface area contributed by atoms with Crippen molar-refractivity contribution >= 4 is 23.4 Å². The monoisotopic (exact) mass is 408 g/mol. The minimum absolute atomic E-state index is 0.00394. The van der Waals surface area contributed by atoms with Gasteiger partial charge in [0.2, 0.25) is 5.91 Å². The number of carbonyl (C=O) groups is 1. The third kappa shape index (κ3) is 5.48. The molecule has 0 saturated carbocycles. The van der Waals surface area contributed by atoms with Crippen LogP contribution in [-0.2, 0) is 16.8 Å². The molecule has 0 aliphatic carbocycles. The second kappa shape index (κ2) is 9.27. The van der Waals surface area contributed by atoms with Crippen molar-refractivity contribution in [2.75, 3.05) is 11.1 Å². The summed E-state index contributed by atoms with van der Waals surface area (Å²) >= 11 is 1.56. The quantitative estimate of drug-likeness (QED) is 0.533. The van der Waals surface area contributed by atoms with Crippen LogP contribution in [0.2, 0.25) is 0 Å². The second-order valence-electron chi connectivity index (χ2n) is 7.89. The highest BCUT2D eigenvalue weighted by Crippen LogP contribution is 2.28. The molecule has 152 valence electrons. The Balaban J connectivity index is 1.63. The van der Waals surface area contributed by atoms with E-state index < -0.39 is 0 Å². The Kier molecular flexibility index (Phi) is 6.75. The number of nitrogens with zero attached hydrogens (tertiary/aromatic N) is 3.